The minimum atomic E-state index is -0.785. The zero-order valence-corrected chi connectivity index (χ0v) is 15.2. The molecule has 4 unspecified atom stereocenters. The van der Waals surface area contributed by atoms with E-state index in [1.807, 2.05) is 0 Å². The smallest absolute Gasteiger partial charge is 0.260 e. The molecule has 1 heterocycles. The van der Waals surface area contributed by atoms with Crippen molar-refractivity contribution >= 4 is 0 Å². The first-order valence-corrected chi connectivity index (χ1v) is 8.74. The van der Waals surface area contributed by atoms with Crippen molar-refractivity contribution in [2.24, 2.45) is 16.7 Å². The lowest BCUT2D eigenvalue weighted by molar-refractivity contribution is -0.636. The summed E-state index contributed by atoms with van der Waals surface area (Å²) in [6, 6.07) is 6.49. The van der Waals surface area contributed by atoms with E-state index in [1.54, 1.807) is 7.11 Å². The summed E-state index contributed by atoms with van der Waals surface area (Å²) in [5.74, 6) is -0.121. The van der Waals surface area contributed by atoms with Crippen LogP contribution in [-0.2, 0) is 20.3 Å². The number of benzene rings is 1. The van der Waals surface area contributed by atoms with E-state index in [1.165, 1.54) is 24.0 Å². The molecule has 1 saturated heterocycles. The Hall–Kier alpha value is -0.900. The molecule has 2 aliphatic carbocycles. The zero-order chi connectivity index (χ0) is 16.7. The maximum Gasteiger partial charge on any atom is 0.260 e. The van der Waals surface area contributed by atoms with Crippen LogP contribution in [0.3, 0.4) is 0 Å². The number of methoxy groups -OCH3 is 1. The van der Waals surface area contributed by atoms with Crippen molar-refractivity contribution in [3.8, 4) is 0 Å². The zero-order valence-electron chi connectivity index (χ0n) is 15.2. The minimum Gasteiger partial charge on any atom is -0.345 e. The monoisotopic (exact) mass is 316 g/mol. The summed E-state index contributed by atoms with van der Waals surface area (Å²) in [7, 11) is 1.75. The van der Waals surface area contributed by atoms with Crippen molar-refractivity contribution in [2.45, 2.75) is 65.3 Å². The highest BCUT2D eigenvalue weighted by molar-refractivity contribution is 5.38. The van der Waals surface area contributed by atoms with Crippen molar-refractivity contribution in [1.29, 1.82) is 0 Å². The van der Waals surface area contributed by atoms with Gasteiger partial charge in [0.05, 0.1) is 0 Å². The fourth-order valence-corrected chi connectivity index (χ4v) is 5.63. The molecule has 1 aromatic rings. The van der Waals surface area contributed by atoms with Gasteiger partial charge in [0.1, 0.15) is 0 Å². The minimum absolute atomic E-state index is 0.0533. The molecule has 3 aliphatic rings. The van der Waals surface area contributed by atoms with Gasteiger partial charge in [-0.25, -0.2) is 4.89 Å². The second-order valence-electron chi connectivity index (χ2n) is 8.61. The largest absolute Gasteiger partial charge is 0.345 e. The molecule has 23 heavy (non-hydrogen) atoms. The number of ether oxygens (including phenoxy) is 1. The molecule has 3 heteroatoms. The van der Waals surface area contributed by atoms with E-state index in [4.69, 9.17) is 14.5 Å². The number of hydrogen-bond acceptors (Lipinski definition) is 3. The van der Waals surface area contributed by atoms with Gasteiger partial charge in [-0.05, 0) is 55.6 Å². The Kier molecular flexibility index (Phi) is 2.98. The first-order chi connectivity index (χ1) is 10.7. The molecule has 0 radical (unpaired) electrons. The Morgan fingerprint density at radius 3 is 2.26 bits per heavy atom. The molecule has 2 bridgehead atoms. The number of hydrogen-bond donors (Lipinski definition) is 0. The third-order valence-electron chi connectivity index (χ3n) is 7.87. The molecule has 126 valence electrons. The molecule has 1 spiro atoms. The molecule has 0 N–H and O–H groups in total. The third kappa shape index (κ3) is 1.48. The maximum absolute atomic E-state index is 6.06. The van der Waals surface area contributed by atoms with Crippen LogP contribution in [0.5, 0.6) is 0 Å². The summed E-state index contributed by atoms with van der Waals surface area (Å²) in [6.07, 6.45) is 3.46. The molecule has 0 amide bonds. The SMILES string of the molecule is COC1(c2ccc(C)c(C)c2)OOC12CC1CCC2(C)C1(C)C. The Bertz CT molecular complexity index is 663. The quantitative estimate of drug-likeness (QED) is 0.743. The highest BCUT2D eigenvalue weighted by Crippen LogP contribution is 2.77. The van der Waals surface area contributed by atoms with Crippen LogP contribution in [0.25, 0.3) is 0 Å². The van der Waals surface area contributed by atoms with Gasteiger partial charge in [-0.1, -0.05) is 39.0 Å². The predicted molar refractivity (Wildman–Crippen MR) is 88.7 cm³/mol. The molecule has 3 fully saturated rings. The maximum atomic E-state index is 6.06. The molecule has 4 atom stereocenters. The topological polar surface area (TPSA) is 27.7 Å². The molecule has 1 aromatic carbocycles. The highest BCUT2D eigenvalue weighted by Gasteiger charge is 2.83. The summed E-state index contributed by atoms with van der Waals surface area (Å²) < 4.78 is 6.06. The van der Waals surface area contributed by atoms with E-state index in [0.717, 1.165) is 12.0 Å². The Balaban J connectivity index is 1.86. The van der Waals surface area contributed by atoms with Crippen molar-refractivity contribution in [2.75, 3.05) is 7.11 Å². The van der Waals surface area contributed by atoms with Gasteiger partial charge in [0.25, 0.3) is 5.79 Å². The lowest BCUT2D eigenvalue weighted by atomic mass is 9.60. The van der Waals surface area contributed by atoms with Crippen LogP contribution < -0.4 is 0 Å². The Morgan fingerprint density at radius 1 is 1.09 bits per heavy atom. The summed E-state index contributed by atoms with van der Waals surface area (Å²) in [6.45, 7) is 11.4. The van der Waals surface area contributed by atoms with Crippen LogP contribution in [0.4, 0.5) is 0 Å². The summed E-state index contributed by atoms with van der Waals surface area (Å²) in [5.41, 5.74) is 3.53. The third-order valence-corrected chi connectivity index (χ3v) is 7.87. The summed E-state index contributed by atoms with van der Waals surface area (Å²) >= 11 is 0. The predicted octanol–water partition coefficient (Wildman–Crippen LogP) is 4.65. The van der Waals surface area contributed by atoms with Crippen molar-refractivity contribution in [3.05, 3.63) is 34.9 Å². The molecule has 3 nitrogen and oxygen atoms in total. The summed E-state index contributed by atoms with van der Waals surface area (Å²) in [5, 5.41) is 0. The fourth-order valence-electron chi connectivity index (χ4n) is 5.63. The van der Waals surface area contributed by atoms with Crippen LogP contribution in [0.15, 0.2) is 18.2 Å². The molecular weight excluding hydrogens is 288 g/mol. The van der Waals surface area contributed by atoms with Gasteiger partial charge in [0, 0.05) is 18.1 Å². The van der Waals surface area contributed by atoms with Gasteiger partial charge in [-0.15, -0.1) is 0 Å². The number of rotatable bonds is 2. The average molecular weight is 316 g/mol. The van der Waals surface area contributed by atoms with Crippen molar-refractivity contribution in [1.82, 2.24) is 0 Å². The fraction of sp³-hybridized carbons (Fsp3) is 0.700. The molecular formula is C20H28O3. The van der Waals surface area contributed by atoms with Crippen molar-refractivity contribution in [3.63, 3.8) is 0 Å². The summed E-state index contributed by atoms with van der Waals surface area (Å²) in [4.78, 5) is 11.7. The van der Waals surface area contributed by atoms with Crippen LogP contribution in [0.1, 0.15) is 56.7 Å². The van der Waals surface area contributed by atoms with Crippen molar-refractivity contribution < 1.29 is 14.5 Å². The molecule has 0 aromatic heterocycles. The van der Waals surface area contributed by atoms with Gasteiger partial charge in [0.15, 0.2) is 5.60 Å². The lowest BCUT2D eigenvalue weighted by Crippen LogP contribution is -2.72. The van der Waals surface area contributed by atoms with Crippen LogP contribution >= 0.6 is 0 Å². The number of fused-ring (bicyclic) bond motifs is 3. The van der Waals surface area contributed by atoms with Gasteiger partial charge in [0.2, 0.25) is 0 Å². The van der Waals surface area contributed by atoms with E-state index in [-0.39, 0.29) is 16.4 Å². The van der Waals surface area contributed by atoms with Gasteiger partial charge in [-0.3, -0.25) is 0 Å². The standard InChI is InChI=1S/C20H28O3/c1-13-7-8-15(11-14(13)2)20(21-6)19(22-23-20)12-16-9-10-18(19,5)17(16,3)4/h7-8,11,16H,9-10,12H2,1-6H3. The second kappa shape index (κ2) is 4.38. The van der Waals surface area contributed by atoms with E-state index in [0.29, 0.717) is 5.92 Å². The van der Waals surface area contributed by atoms with Crippen LogP contribution in [0.2, 0.25) is 0 Å². The normalized spacial score (nSPS) is 43.8. The lowest BCUT2D eigenvalue weighted by Gasteiger charge is -2.61. The van der Waals surface area contributed by atoms with E-state index >= 15 is 0 Å². The van der Waals surface area contributed by atoms with E-state index in [9.17, 15) is 0 Å². The Labute approximate surface area is 139 Å². The second-order valence-corrected chi connectivity index (χ2v) is 8.61. The highest BCUT2D eigenvalue weighted by atomic mass is 17.3. The van der Waals surface area contributed by atoms with Gasteiger partial charge >= 0.3 is 0 Å². The molecule has 1 aliphatic heterocycles. The van der Waals surface area contributed by atoms with Crippen LogP contribution in [-0.4, -0.2) is 12.7 Å². The van der Waals surface area contributed by atoms with Gasteiger partial charge in [-0.2, -0.15) is 4.89 Å². The van der Waals surface area contributed by atoms with E-state index in [2.05, 4.69) is 52.8 Å². The molecule has 2 saturated carbocycles. The molecule has 4 rings (SSSR count). The van der Waals surface area contributed by atoms with E-state index < -0.39 is 5.79 Å². The van der Waals surface area contributed by atoms with Gasteiger partial charge < -0.3 is 4.74 Å². The average Bonchev–Trinajstić information content (AvgIpc) is 2.83. The number of aryl methyl sites for hydroxylation is 2. The Morgan fingerprint density at radius 2 is 1.83 bits per heavy atom. The first kappa shape index (κ1) is 15.6. The van der Waals surface area contributed by atoms with Crippen LogP contribution in [0, 0.1) is 30.6 Å². The first-order valence-electron chi connectivity index (χ1n) is 8.74.